The number of piperidine rings is 1. The van der Waals surface area contributed by atoms with Gasteiger partial charge >= 0.3 is 6.09 Å². The fraction of sp³-hybridized carbons (Fsp3) is 0.480. The average Bonchev–Trinajstić information content (AvgIpc) is 3.30. The highest BCUT2D eigenvalue weighted by Crippen LogP contribution is 2.19. The highest BCUT2D eigenvalue weighted by atomic mass is 16.6. The fourth-order valence-electron chi connectivity index (χ4n) is 3.81. The number of amides is 3. The van der Waals surface area contributed by atoms with Gasteiger partial charge in [0.25, 0.3) is 0 Å². The van der Waals surface area contributed by atoms with Gasteiger partial charge in [-0.25, -0.2) is 4.79 Å². The van der Waals surface area contributed by atoms with Crippen molar-refractivity contribution in [1.29, 1.82) is 0 Å². The summed E-state index contributed by atoms with van der Waals surface area (Å²) < 4.78 is 10.6. The highest BCUT2D eigenvalue weighted by molar-refractivity contribution is 5.86. The molecular weight excluding hydrogens is 422 g/mol. The van der Waals surface area contributed by atoms with Crippen LogP contribution in [0.2, 0.25) is 0 Å². The highest BCUT2D eigenvalue weighted by Gasteiger charge is 2.32. The number of nitrogens with zero attached hydrogens (tertiary/aromatic N) is 1. The summed E-state index contributed by atoms with van der Waals surface area (Å²) in [6.07, 6.45) is 2.45. The van der Waals surface area contributed by atoms with Crippen LogP contribution in [0.3, 0.4) is 0 Å². The molecule has 178 valence electrons. The van der Waals surface area contributed by atoms with E-state index < -0.39 is 17.7 Å². The smallest absolute Gasteiger partial charge is 0.408 e. The quantitative estimate of drug-likeness (QED) is 0.667. The van der Waals surface area contributed by atoms with E-state index in [-0.39, 0.29) is 17.7 Å². The van der Waals surface area contributed by atoms with Crippen LogP contribution < -0.4 is 10.6 Å². The van der Waals surface area contributed by atoms with Crippen molar-refractivity contribution in [2.24, 2.45) is 5.92 Å². The van der Waals surface area contributed by atoms with Crippen molar-refractivity contribution >= 4 is 17.9 Å². The number of ether oxygens (including phenoxy) is 1. The molecule has 1 aromatic carbocycles. The van der Waals surface area contributed by atoms with Crippen LogP contribution >= 0.6 is 0 Å². The first-order valence-electron chi connectivity index (χ1n) is 11.3. The second-order valence-corrected chi connectivity index (χ2v) is 9.29. The van der Waals surface area contributed by atoms with Crippen molar-refractivity contribution in [3.8, 4) is 0 Å². The zero-order valence-corrected chi connectivity index (χ0v) is 19.5. The first kappa shape index (κ1) is 24.4. The third-order valence-electron chi connectivity index (χ3n) is 5.47. The maximum absolute atomic E-state index is 13.3. The minimum Gasteiger partial charge on any atom is -0.467 e. The summed E-state index contributed by atoms with van der Waals surface area (Å²) in [5.41, 5.74) is 0.283. The third-order valence-corrected chi connectivity index (χ3v) is 5.47. The molecule has 0 bridgehead atoms. The SMILES string of the molecule is CC(C)(C)OC(=O)NC(Cc1ccccc1)C(=O)N1CCC(C(=O)NCc2ccco2)CC1. The standard InChI is InChI=1S/C25H33N3O5/c1-25(2,3)33-24(31)27-21(16-18-8-5-4-6-9-18)23(30)28-13-11-19(12-14-28)22(29)26-17-20-10-7-15-32-20/h4-10,15,19,21H,11-14,16-17H2,1-3H3,(H,26,29)(H,27,31). The Morgan fingerprint density at radius 1 is 1.09 bits per heavy atom. The van der Waals surface area contributed by atoms with E-state index in [1.807, 2.05) is 36.4 Å². The zero-order valence-electron chi connectivity index (χ0n) is 19.5. The first-order valence-corrected chi connectivity index (χ1v) is 11.3. The number of hydrogen-bond donors (Lipinski definition) is 2. The molecule has 3 amide bonds. The van der Waals surface area contributed by atoms with Gasteiger partial charge in [0.1, 0.15) is 17.4 Å². The Kier molecular flexibility index (Phi) is 8.14. The van der Waals surface area contributed by atoms with E-state index in [0.717, 1.165) is 5.56 Å². The van der Waals surface area contributed by atoms with Crippen LogP contribution in [-0.4, -0.2) is 47.5 Å². The Balaban J connectivity index is 1.57. The molecule has 1 aliphatic heterocycles. The largest absolute Gasteiger partial charge is 0.467 e. The summed E-state index contributed by atoms with van der Waals surface area (Å²) in [7, 11) is 0. The van der Waals surface area contributed by atoms with Crippen LogP contribution in [0.4, 0.5) is 4.79 Å². The molecule has 2 aromatic rings. The van der Waals surface area contributed by atoms with Gasteiger partial charge in [-0.3, -0.25) is 9.59 Å². The summed E-state index contributed by atoms with van der Waals surface area (Å²) in [6.45, 7) is 6.61. The lowest BCUT2D eigenvalue weighted by atomic mass is 9.95. The van der Waals surface area contributed by atoms with Crippen LogP contribution in [0.1, 0.15) is 44.9 Å². The van der Waals surface area contributed by atoms with Crippen LogP contribution in [0.25, 0.3) is 0 Å². The minimum atomic E-state index is -0.744. The summed E-state index contributed by atoms with van der Waals surface area (Å²) in [6, 6.07) is 12.4. The molecule has 1 atom stereocenters. The lowest BCUT2D eigenvalue weighted by molar-refractivity contribution is -0.137. The van der Waals surface area contributed by atoms with Gasteiger partial charge in [0.15, 0.2) is 0 Å². The first-order chi connectivity index (χ1) is 15.7. The van der Waals surface area contributed by atoms with Gasteiger partial charge in [-0.1, -0.05) is 30.3 Å². The van der Waals surface area contributed by atoms with E-state index in [0.29, 0.717) is 44.7 Å². The molecular formula is C25H33N3O5. The maximum Gasteiger partial charge on any atom is 0.408 e. The second kappa shape index (κ2) is 11.0. The predicted molar refractivity (Wildman–Crippen MR) is 123 cm³/mol. The molecule has 0 radical (unpaired) electrons. The fourth-order valence-corrected chi connectivity index (χ4v) is 3.81. The topological polar surface area (TPSA) is 101 Å². The number of likely N-dealkylation sites (tertiary alicyclic amines) is 1. The molecule has 1 saturated heterocycles. The van der Waals surface area contributed by atoms with E-state index in [9.17, 15) is 14.4 Å². The van der Waals surface area contributed by atoms with E-state index >= 15 is 0 Å². The van der Waals surface area contributed by atoms with Gasteiger partial charge in [-0.2, -0.15) is 0 Å². The molecule has 2 heterocycles. The number of alkyl carbamates (subject to hydrolysis) is 1. The molecule has 0 spiro atoms. The Labute approximate surface area is 194 Å². The molecule has 0 aliphatic carbocycles. The van der Waals surface area contributed by atoms with Crippen LogP contribution in [-0.2, 0) is 27.3 Å². The number of nitrogens with one attached hydrogen (secondary N) is 2. The summed E-state index contributed by atoms with van der Waals surface area (Å²) in [5.74, 6) is 0.341. The van der Waals surface area contributed by atoms with Gasteiger partial charge in [0, 0.05) is 25.4 Å². The van der Waals surface area contributed by atoms with Crippen molar-refractivity contribution in [1.82, 2.24) is 15.5 Å². The number of carbonyl (C=O) groups is 3. The van der Waals surface area contributed by atoms with Gasteiger partial charge in [0.2, 0.25) is 11.8 Å². The number of furan rings is 1. The van der Waals surface area contributed by atoms with Crippen LogP contribution in [0.15, 0.2) is 53.1 Å². The van der Waals surface area contributed by atoms with E-state index in [1.54, 1.807) is 38.0 Å². The van der Waals surface area contributed by atoms with Crippen molar-refractivity contribution < 1.29 is 23.5 Å². The predicted octanol–water partition coefficient (Wildman–Crippen LogP) is 3.27. The molecule has 1 fully saturated rings. The van der Waals surface area contributed by atoms with Crippen molar-refractivity contribution in [3.63, 3.8) is 0 Å². The summed E-state index contributed by atoms with van der Waals surface area (Å²) in [4.78, 5) is 39.9. The molecule has 8 heteroatoms. The summed E-state index contributed by atoms with van der Waals surface area (Å²) >= 11 is 0. The Bertz CT molecular complexity index is 913. The lowest BCUT2D eigenvalue weighted by Crippen LogP contribution is -2.53. The molecule has 1 unspecified atom stereocenters. The zero-order chi connectivity index (χ0) is 23.8. The van der Waals surface area contributed by atoms with Gasteiger partial charge < -0.3 is 24.7 Å². The molecule has 1 aromatic heterocycles. The van der Waals surface area contributed by atoms with Gasteiger partial charge in [-0.05, 0) is 51.3 Å². The molecule has 0 saturated carbocycles. The van der Waals surface area contributed by atoms with Crippen molar-refractivity contribution in [2.45, 2.75) is 58.2 Å². The van der Waals surface area contributed by atoms with Crippen molar-refractivity contribution in [3.05, 3.63) is 60.1 Å². The number of benzene rings is 1. The summed E-state index contributed by atoms with van der Waals surface area (Å²) in [5, 5.41) is 5.64. The Morgan fingerprint density at radius 2 is 1.79 bits per heavy atom. The monoisotopic (exact) mass is 455 g/mol. The molecule has 2 N–H and O–H groups in total. The third kappa shape index (κ3) is 7.66. The Morgan fingerprint density at radius 3 is 2.39 bits per heavy atom. The van der Waals surface area contributed by atoms with Gasteiger partial charge in [0.05, 0.1) is 12.8 Å². The maximum atomic E-state index is 13.3. The minimum absolute atomic E-state index is 0.0359. The van der Waals surface area contributed by atoms with E-state index in [1.165, 1.54) is 0 Å². The number of hydrogen-bond acceptors (Lipinski definition) is 5. The van der Waals surface area contributed by atoms with E-state index in [4.69, 9.17) is 9.15 Å². The lowest BCUT2D eigenvalue weighted by Gasteiger charge is -2.34. The van der Waals surface area contributed by atoms with Crippen LogP contribution in [0.5, 0.6) is 0 Å². The number of rotatable bonds is 7. The molecule has 33 heavy (non-hydrogen) atoms. The number of carbonyl (C=O) groups excluding carboxylic acids is 3. The van der Waals surface area contributed by atoms with Crippen LogP contribution in [0, 0.1) is 5.92 Å². The van der Waals surface area contributed by atoms with E-state index in [2.05, 4.69) is 10.6 Å². The molecule has 1 aliphatic rings. The average molecular weight is 456 g/mol. The normalized spacial score (nSPS) is 15.5. The van der Waals surface area contributed by atoms with Gasteiger partial charge in [-0.15, -0.1) is 0 Å². The molecule has 8 nitrogen and oxygen atoms in total. The Hall–Kier alpha value is -3.29. The van der Waals surface area contributed by atoms with Crippen molar-refractivity contribution in [2.75, 3.05) is 13.1 Å². The molecule has 3 rings (SSSR count). The second-order valence-electron chi connectivity index (χ2n) is 9.29.